The van der Waals surface area contributed by atoms with Gasteiger partial charge in [-0.25, -0.2) is 0 Å². The van der Waals surface area contributed by atoms with Gasteiger partial charge in [-0.15, -0.1) is 0 Å². The molecule has 0 radical (unpaired) electrons. The van der Waals surface area contributed by atoms with Crippen molar-refractivity contribution in [2.75, 3.05) is 6.61 Å². The minimum atomic E-state index is -3.62. The van der Waals surface area contributed by atoms with E-state index in [0.29, 0.717) is 6.42 Å². The van der Waals surface area contributed by atoms with Gasteiger partial charge in [0.15, 0.2) is 0 Å². The summed E-state index contributed by atoms with van der Waals surface area (Å²) in [4.78, 5) is 0.214. The standard InChI is InChI=1S/C14H20O3S/c1-4-13(5-2)10-11-17-18(15,16)14-8-6-12(3)7-9-14/h4,6-9H,5,10-11H2,1-3H3/b13-4+. The molecule has 0 bridgehead atoms. The average Bonchev–Trinajstić information content (AvgIpc) is 2.35. The quantitative estimate of drug-likeness (QED) is 0.586. The molecule has 0 aliphatic rings. The smallest absolute Gasteiger partial charge is 0.266 e. The second kappa shape index (κ2) is 6.71. The number of allylic oxidation sites excluding steroid dienone is 1. The molecule has 0 fully saturated rings. The normalized spacial score (nSPS) is 12.7. The summed E-state index contributed by atoms with van der Waals surface area (Å²) in [5, 5.41) is 0. The summed E-state index contributed by atoms with van der Waals surface area (Å²) in [7, 11) is -3.62. The van der Waals surface area contributed by atoms with Crippen molar-refractivity contribution in [1.29, 1.82) is 0 Å². The lowest BCUT2D eigenvalue weighted by molar-refractivity contribution is 0.320. The Morgan fingerprint density at radius 3 is 2.39 bits per heavy atom. The monoisotopic (exact) mass is 268 g/mol. The second-order valence-electron chi connectivity index (χ2n) is 4.14. The molecule has 1 aromatic rings. The number of hydrogen-bond acceptors (Lipinski definition) is 3. The Bertz CT molecular complexity index is 498. The Balaban J connectivity index is 2.63. The van der Waals surface area contributed by atoms with Crippen molar-refractivity contribution in [3.63, 3.8) is 0 Å². The van der Waals surface area contributed by atoms with Gasteiger partial charge in [0.2, 0.25) is 0 Å². The highest BCUT2D eigenvalue weighted by Gasteiger charge is 2.14. The molecule has 0 atom stereocenters. The summed E-state index contributed by atoms with van der Waals surface area (Å²) in [5.74, 6) is 0. The van der Waals surface area contributed by atoms with E-state index in [2.05, 4.69) is 0 Å². The number of benzene rings is 1. The van der Waals surface area contributed by atoms with Crippen LogP contribution in [-0.2, 0) is 14.3 Å². The lowest BCUT2D eigenvalue weighted by atomic mass is 10.1. The van der Waals surface area contributed by atoms with Crippen LogP contribution >= 0.6 is 0 Å². The zero-order valence-corrected chi connectivity index (χ0v) is 12.0. The van der Waals surface area contributed by atoms with Crippen LogP contribution in [0.3, 0.4) is 0 Å². The van der Waals surface area contributed by atoms with Crippen molar-refractivity contribution in [3.05, 3.63) is 41.5 Å². The predicted octanol–water partition coefficient (Wildman–Crippen LogP) is 3.45. The summed E-state index contributed by atoms with van der Waals surface area (Å²) in [5.41, 5.74) is 2.23. The Kier molecular flexibility index (Phi) is 5.56. The van der Waals surface area contributed by atoms with E-state index in [1.807, 2.05) is 26.8 Å². The average molecular weight is 268 g/mol. The highest BCUT2D eigenvalue weighted by molar-refractivity contribution is 7.86. The Morgan fingerprint density at radius 2 is 1.89 bits per heavy atom. The first-order valence-corrected chi connectivity index (χ1v) is 7.50. The van der Waals surface area contributed by atoms with Crippen molar-refractivity contribution >= 4 is 10.1 Å². The molecule has 0 saturated heterocycles. The SMILES string of the molecule is C/C=C(\CC)CCOS(=O)(=O)c1ccc(C)cc1. The van der Waals surface area contributed by atoms with Gasteiger partial charge in [0.05, 0.1) is 11.5 Å². The van der Waals surface area contributed by atoms with Crippen LogP contribution in [0.25, 0.3) is 0 Å². The highest BCUT2D eigenvalue weighted by atomic mass is 32.2. The summed E-state index contributed by atoms with van der Waals surface area (Å²) in [6.45, 7) is 6.11. The van der Waals surface area contributed by atoms with Crippen LogP contribution in [0.4, 0.5) is 0 Å². The molecule has 0 spiro atoms. The maximum atomic E-state index is 11.9. The van der Waals surface area contributed by atoms with Crippen molar-refractivity contribution in [1.82, 2.24) is 0 Å². The molecule has 1 aromatic carbocycles. The zero-order chi connectivity index (χ0) is 13.6. The number of rotatable bonds is 6. The Hall–Kier alpha value is -1.13. The molecule has 0 saturated carbocycles. The molecule has 1 rings (SSSR count). The lowest BCUT2D eigenvalue weighted by Gasteiger charge is -2.07. The van der Waals surface area contributed by atoms with Crippen LogP contribution in [0, 0.1) is 6.92 Å². The Morgan fingerprint density at radius 1 is 1.28 bits per heavy atom. The van der Waals surface area contributed by atoms with Crippen LogP contribution in [0.2, 0.25) is 0 Å². The van der Waals surface area contributed by atoms with E-state index in [1.165, 1.54) is 5.57 Å². The summed E-state index contributed by atoms with van der Waals surface area (Å²) >= 11 is 0. The summed E-state index contributed by atoms with van der Waals surface area (Å²) < 4.78 is 28.7. The zero-order valence-electron chi connectivity index (χ0n) is 11.1. The second-order valence-corrected chi connectivity index (χ2v) is 5.75. The van der Waals surface area contributed by atoms with Gasteiger partial charge in [-0.3, -0.25) is 4.18 Å². The molecule has 4 heteroatoms. The van der Waals surface area contributed by atoms with Gasteiger partial charge in [-0.05, 0) is 38.8 Å². The van der Waals surface area contributed by atoms with Crippen LogP contribution < -0.4 is 0 Å². The van der Waals surface area contributed by atoms with Crippen LogP contribution in [0.1, 0.15) is 32.3 Å². The molecule has 0 unspecified atom stereocenters. The van der Waals surface area contributed by atoms with Crippen LogP contribution in [0.15, 0.2) is 40.8 Å². The van der Waals surface area contributed by atoms with Crippen LogP contribution in [-0.4, -0.2) is 15.0 Å². The Labute approximate surface area is 110 Å². The van der Waals surface area contributed by atoms with Crippen molar-refractivity contribution < 1.29 is 12.6 Å². The molecule has 0 aromatic heterocycles. The van der Waals surface area contributed by atoms with Gasteiger partial charge in [0.25, 0.3) is 10.1 Å². The van der Waals surface area contributed by atoms with Gasteiger partial charge < -0.3 is 0 Å². The fourth-order valence-electron chi connectivity index (χ4n) is 1.58. The van der Waals surface area contributed by atoms with Gasteiger partial charge in [0, 0.05) is 0 Å². The third-order valence-electron chi connectivity index (χ3n) is 2.83. The maximum Gasteiger partial charge on any atom is 0.296 e. The minimum Gasteiger partial charge on any atom is -0.266 e. The highest BCUT2D eigenvalue weighted by Crippen LogP contribution is 2.15. The van der Waals surface area contributed by atoms with Gasteiger partial charge in [-0.1, -0.05) is 36.3 Å². The third kappa shape index (κ3) is 4.27. The minimum absolute atomic E-state index is 0.198. The van der Waals surface area contributed by atoms with E-state index in [1.54, 1.807) is 24.3 Å². The lowest BCUT2D eigenvalue weighted by Crippen LogP contribution is -2.08. The third-order valence-corrected chi connectivity index (χ3v) is 4.16. The molecule has 0 aliphatic heterocycles. The van der Waals surface area contributed by atoms with E-state index in [-0.39, 0.29) is 11.5 Å². The summed E-state index contributed by atoms with van der Waals surface area (Å²) in [6.07, 6.45) is 3.57. The van der Waals surface area contributed by atoms with E-state index < -0.39 is 10.1 Å². The van der Waals surface area contributed by atoms with E-state index in [0.717, 1.165) is 12.0 Å². The summed E-state index contributed by atoms with van der Waals surface area (Å²) in [6, 6.07) is 6.67. The first-order valence-electron chi connectivity index (χ1n) is 6.09. The van der Waals surface area contributed by atoms with E-state index >= 15 is 0 Å². The fourth-order valence-corrected chi connectivity index (χ4v) is 2.49. The predicted molar refractivity (Wildman–Crippen MR) is 73.0 cm³/mol. The molecule has 0 N–H and O–H groups in total. The fraction of sp³-hybridized carbons (Fsp3) is 0.429. The first-order chi connectivity index (χ1) is 8.49. The number of hydrogen-bond donors (Lipinski definition) is 0. The van der Waals surface area contributed by atoms with Crippen molar-refractivity contribution in [2.24, 2.45) is 0 Å². The molecule has 0 aliphatic carbocycles. The van der Waals surface area contributed by atoms with Crippen molar-refractivity contribution in [2.45, 2.75) is 38.5 Å². The van der Waals surface area contributed by atoms with Crippen LogP contribution in [0.5, 0.6) is 0 Å². The molecule has 0 amide bonds. The topological polar surface area (TPSA) is 43.4 Å². The molecule has 0 heterocycles. The molecular formula is C14H20O3S. The van der Waals surface area contributed by atoms with E-state index in [4.69, 9.17) is 4.18 Å². The van der Waals surface area contributed by atoms with Gasteiger partial charge in [-0.2, -0.15) is 8.42 Å². The van der Waals surface area contributed by atoms with E-state index in [9.17, 15) is 8.42 Å². The van der Waals surface area contributed by atoms with Crippen molar-refractivity contribution in [3.8, 4) is 0 Å². The first kappa shape index (κ1) is 14.9. The molecular weight excluding hydrogens is 248 g/mol. The molecule has 100 valence electrons. The van der Waals surface area contributed by atoms with Gasteiger partial charge in [0.1, 0.15) is 0 Å². The largest absolute Gasteiger partial charge is 0.296 e. The molecule has 3 nitrogen and oxygen atoms in total. The molecule has 18 heavy (non-hydrogen) atoms. The maximum absolute atomic E-state index is 11.9. The number of aryl methyl sites for hydroxylation is 1. The van der Waals surface area contributed by atoms with Gasteiger partial charge >= 0.3 is 0 Å².